The van der Waals surface area contributed by atoms with Gasteiger partial charge in [-0.05, 0) is 6.07 Å². The Bertz CT molecular complexity index is 258. The van der Waals surface area contributed by atoms with Gasteiger partial charge in [0, 0.05) is 6.07 Å². The minimum absolute atomic E-state index is 1.02. The number of hydrogen-bond acceptors (Lipinski definition) is 2. The summed E-state index contributed by atoms with van der Waals surface area (Å²) in [5.74, 6) is 0. The topological polar surface area (TPSA) is 25.5 Å². The summed E-state index contributed by atoms with van der Waals surface area (Å²) in [5, 5.41) is 3.64. The first-order valence-electron chi connectivity index (χ1n) is 3.35. The zero-order valence-electron chi connectivity index (χ0n) is 6.69. The predicted molar refractivity (Wildman–Crippen MR) is 42.2 cm³/mol. The van der Waals surface area contributed by atoms with Gasteiger partial charge >= 0.3 is 0 Å². The summed E-state index contributed by atoms with van der Waals surface area (Å²) in [4.78, 5) is 4.55. The van der Waals surface area contributed by atoms with Gasteiger partial charge in [0.2, 0.25) is 0 Å². The maximum atomic E-state index is 4.55. The van der Waals surface area contributed by atoms with E-state index in [1.807, 2.05) is 36.1 Å². The maximum Gasteiger partial charge on any atom is 0.177 e. The fourth-order valence-corrected chi connectivity index (χ4v) is 0.801. The van der Waals surface area contributed by atoms with Crippen molar-refractivity contribution in [3.05, 3.63) is 30.1 Å². The third-order valence-corrected chi connectivity index (χ3v) is 1.27. The van der Waals surface area contributed by atoms with Crippen LogP contribution in [-0.4, -0.2) is 13.3 Å². The van der Waals surface area contributed by atoms with Gasteiger partial charge in [-0.3, -0.25) is 0 Å². The molecule has 1 aromatic heterocycles. The Morgan fingerprint density at radius 2 is 2.45 bits per heavy atom. The lowest BCUT2D eigenvalue weighted by Crippen LogP contribution is -2.26. The molecule has 0 unspecified atom stereocenters. The lowest BCUT2D eigenvalue weighted by Gasteiger charge is -1.88. The van der Waals surface area contributed by atoms with E-state index < -0.39 is 0 Å². The van der Waals surface area contributed by atoms with Gasteiger partial charge in [-0.15, -0.1) is 0 Å². The normalized spacial score (nSPS) is 10.4. The van der Waals surface area contributed by atoms with Crippen LogP contribution < -0.4 is 4.57 Å². The van der Waals surface area contributed by atoms with E-state index in [0.717, 1.165) is 5.56 Å². The molecule has 1 heterocycles. The Hall–Kier alpha value is -1.38. The van der Waals surface area contributed by atoms with Crippen molar-refractivity contribution in [3.8, 4) is 0 Å². The van der Waals surface area contributed by atoms with Crippen molar-refractivity contribution >= 4 is 6.21 Å². The number of pyridine rings is 1. The first-order valence-corrected chi connectivity index (χ1v) is 3.35. The minimum Gasteiger partial charge on any atom is -0.399 e. The van der Waals surface area contributed by atoms with Gasteiger partial charge in [-0.25, -0.2) is 4.57 Å². The van der Waals surface area contributed by atoms with E-state index in [1.54, 1.807) is 6.21 Å². The monoisotopic (exact) mass is 151 g/mol. The van der Waals surface area contributed by atoms with Gasteiger partial charge in [0.15, 0.2) is 12.4 Å². The molecule has 0 fully saturated rings. The number of oxime groups is 1. The molecule has 0 aliphatic carbocycles. The van der Waals surface area contributed by atoms with E-state index >= 15 is 0 Å². The Morgan fingerprint density at radius 3 is 3.09 bits per heavy atom. The van der Waals surface area contributed by atoms with E-state index in [-0.39, 0.29) is 0 Å². The molecule has 0 saturated carbocycles. The molecule has 0 saturated heterocycles. The van der Waals surface area contributed by atoms with Crippen LogP contribution in [0.5, 0.6) is 0 Å². The number of rotatable bonds is 2. The Kier molecular flexibility index (Phi) is 2.60. The molecule has 58 valence electrons. The van der Waals surface area contributed by atoms with Crippen molar-refractivity contribution in [2.24, 2.45) is 12.2 Å². The van der Waals surface area contributed by atoms with Crippen LogP contribution in [0, 0.1) is 0 Å². The summed E-state index contributed by atoms with van der Waals surface area (Å²) in [5.41, 5.74) is 1.02. The second-order valence-corrected chi connectivity index (χ2v) is 2.22. The van der Waals surface area contributed by atoms with Gasteiger partial charge in [-0.1, -0.05) is 5.16 Å². The Balaban J connectivity index is 2.79. The minimum atomic E-state index is 1.02. The van der Waals surface area contributed by atoms with Crippen LogP contribution in [0.15, 0.2) is 29.7 Å². The number of nitrogens with zero attached hydrogens (tertiary/aromatic N) is 2. The van der Waals surface area contributed by atoms with Crippen molar-refractivity contribution < 1.29 is 9.40 Å². The molecule has 3 nitrogen and oxygen atoms in total. The van der Waals surface area contributed by atoms with Gasteiger partial charge in [0.1, 0.15) is 14.2 Å². The summed E-state index contributed by atoms with van der Waals surface area (Å²) in [7, 11) is 3.49. The molecule has 3 heteroatoms. The number of hydrogen-bond donors (Lipinski definition) is 0. The molecule has 0 bridgehead atoms. The van der Waals surface area contributed by atoms with Gasteiger partial charge in [0.25, 0.3) is 0 Å². The van der Waals surface area contributed by atoms with E-state index in [1.165, 1.54) is 7.11 Å². The smallest absolute Gasteiger partial charge is 0.177 e. The quantitative estimate of drug-likeness (QED) is 0.343. The first kappa shape index (κ1) is 7.72. The highest BCUT2D eigenvalue weighted by Crippen LogP contribution is 1.88. The number of aryl methyl sites for hydroxylation is 1. The fraction of sp³-hybridized carbons (Fsp3) is 0.250. The molecule has 11 heavy (non-hydrogen) atoms. The van der Waals surface area contributed by atoms with Gasteiger partial charge in [0.05, 0.1) is 11.8 Å². The van der Waals surface area contributed by atoms with Crippen LogP contribution in [0.25, 0.3) is 0 Å². The summed E-state index contributed by atoms with van der Waals surface area (Å²) >= 11 is 0. The SMILES string of the molecule is CO/N=C\c1ccc[n+](C)c1. The van der Waals surface area contributed by atoms with E-state index in [9.17, 15) is 0 Å². The highest BCUT2D eigenvalue weighted by molar-refractivity contribution is 5.77. The van der Waals surface area contributed by atoms with E-state index in [4.69, 9.17) is 0 Å². The lowest BCUT2D eigenvalue weighted by molar-refractivity contribution is -0.671. The molecule has 0 radical (unpaired) electrons. The third kappa shape index (κ3) is 2.37. The van der Waals surface area contributed by atoms with Gasteiger partial charge < -0.3 is 4.84 Å². The van der Waals surface area contributed by atoms with Crippen molar-refractivity contribution in [1.82, 2.24) is 0 Å². The third-order valence-electron chi connectivity index (χ3n) is 1.27. The van der Waals surface area contributed by atoms with Crippen LogP contribution in [0.4, 0.5) is 0 Å². The largest absolute Gasteiger partial charge is 0.399 e. The van der Waals surface area contributed by atoms with Crippen LogP contribution in [0.3, 0.4) is 0 Å². The van der Waals surface area contributed by atoms with Crippen molar-refractivity contribution in [3.63, 3.8) is 0 Å². The Labute approximate surface area is 65.9 Å². The predicted octanol–water partition coefficient (Wildman–Crippen LogP) is 0.491. The van der Waals surface area contributed by atoms with Crippen molar-refractivity contribution in [2.45, 2.75) is 0 Å². The molecule has 0 aliphatic heterocycles. The number of aromatic nitrogens is 1. The highest BCUT2D eigenvalue weighted by Gasteiger charge is 1.92. The van der Waals surface area contributed by atoms with Crippen LogP contribution in [-0.2, 0) is 11.9 Å². The highest BCUT2D eigenvalue weighted by atomic mass is 16.6. The molecule has 0 aromatic carbocycles. The van der Waals surface area contributed by atoms with Crippen molar-refractivity contribution in [2.75, 3.05) is 7.11 Å². The molecule has 0 spiro atoms. The molecule has 1 aromatic rings. The average molecular weight is 151 g/mol. The summed E-state index contributed by atoms with van der Waals surface area (Å²) in [6.45, 7) is 0. The van der Waals surface area contributed by atoms with Crippen LogP contribution >= 0.6 is 0 Å². The lowest BCUT2D eigenvalue weighted by atomic mass is 10.3. The van der Waals surface area contributed by atoms with Crippen LogP contribution in [0.1, 0.15) is 5.56 Å². The first-order chi connectivity index (χ1) is 5.33. The molecule has 1 rings (SSSR count). The van der Waals surface area contributed by atoms with Crippen molar-refractivity contribution in [1.29, 1.82) is 0 Å². The second-order valence-electron chi connectivity index (χ2n) is 2.22. The summed E-state index contributed by atoms with van der Waals surface area (Å²) < 4.78 is 1.96. The summed E-state index contributed by atoms with van der Waals surface area (Å²) in [6, 6.07) is 3.92. The van der Waals surface area contributed by atoms with Crippen LogP contribution in [0.2, 0.25) is 0 Å². The molecular weight excluding hydrogens is 140 g/mol. The average Bonchev–Trinajstić information content (AvgIpc) is 2.01. The van der Waals surface area contributed by atoms with E-state index in [0.29, 0.717) is 0 Å². The maximum absolute atomic E-state index is 4.55. The molecule has 0 atom stereocenters. The molecule has 0 aliphatic rings. The summed E-state index contributed by atoms with van der Waals surface area (Å²) in [6.07, 6.45) is 5.59. The zero-order chi connectivity index (χ0) is 8.10. The zero-order valence-corrected chi connectivity index (χ0v) is 6.69. The van der Waals surface area contributed by atoms with E-state index in [2.05, 4.69) is 9.99 Å². The second kappa shape index (κ2) is 3.71. The Morgan fingerprint density at radius 1 is 1.64 bits per heavy atom. The molecule has 0 N–H and O–H groups in total. The fourth-order valence-electron chi connectivity index (χ4n) is 0.801. The standard InChI is InChI=1S/C8H11N2O/c1-10-5-3-4-8(7-10)6-9-11-2/h3-7H,1-2H3/q+1/b9-6-. The van der Waals surface area contributed by atoms with Gasteiger partial charge in [-0.2, -0.15) is 0 Å². The molecule has 0 amide bonds. The molecular formula is C8H11N2O+.